The van der Waals surface area contributed by atoms with Crippen LogP contribution < -0.4 is 10.2 Å². The van der Waals surface area contributed by atoms with E-state index in [-0.39, 0.29) is 28.5 Å². The van der Waals surface area contributed by atoms with Gasteiger partial charge in [-0.3, -0.25) is 14.9 Å². The first-order valence-electron chi connectivity index (χ1n) is 7.45. The second-order valence-corrected chi connectivity index (χ2v) is 5.02. The molecular formula is C17H11N3O7. The Bertz CT molecular complexity index is 992. The van der Waals surface area contributed by atoms with E-state index in [4.69, 9.17) is 13.6 Å². The highest BCUT2D eigenvalue weighted by Crippen LogP contribution is 2.24. The van der Waals surface area contributed by atoms with E-state index in [1.807, 2.05) is 0 Å². The van der Waals surface area contributed by atoms with Crippen LogP contribution in [0.3, 0.4) is 0 Å². The van der Waals surface area contributed by atoms with E-state index in [0.29, 0.717) is 0 Å². The van der Waals surface area contributed by atoms with Crippen molar-refractivity contribution in [2.45, 2.75) is 0 Å². The Balaban J connectivity index is 1.81. The molecule has 136 valence electrons. The van der Waals surface area contributed by atoms with Gasteiger partial charge in [-0.05, 0) is 30.3 Å². The van der Waals surface area contributed by atoms with E-state index >= 15 is 0 Å². The molecule has 1 amide bonds. The molecule has 2 heterocycles. The van der Waals surface area contributed by atoms with Crippen molar-refractivity contribution in [3.63, 3.8) is 0 Å². The lowest BCUT2D eigenvalue weighted by atomic mass is 10.2. The van der Waals surface area contributed by atoms with Crippen molar-refractivity contribution in [3.8, 4) is 5.75 Å². The van der Waals surface area contributed by atoms with E-state index in [2.05, 4.69) is 10.5 Å². The van der Waals surface area contributed by atoms with Gasteiger partial charge in [0, 0.05) is 17.7 Å². The summed E-state index contributed by atoms with van der Waals surface area (Å²) in [5.41, 5.74) is 2.06. The van der Waals surface area contributed by atoms with Crippen LogP contribution in [0.1, 0.15) is 26.7 Å². The van der Waals surface area contributed by atoms with Gasteiger partial charge in [-0.15, -0.1) is 0 Å². The Labute approximate surface area is 151 Å². The minimum atomic E-state index is -0.789. The average Bonchev–Trinajstić information content (AvgIpc) is 3.36. The molecule has 0 atom stereocenters. The molecule has 1 N–H and O–H groups in total. The van der Waals surface area contributed by atoms with Crippen LogP contribution in [0.15, 0.2) is 68.9 Å². The second kappa shape index (κ2) is 7.78. The lowest BCUT2D eigenvalue weighted by Crippen LogP contribution is -2.17. The number of benzene rings is 1. The zero-order chi connectivity index (χ0) is 19.2. The maximum atomic E-state index is 12.0. The van der Waals surface area contributed by atoms with Gasteiger partial charge in [-0.2, -0.15) is 5.10 Å². The Kier molecular flexibility index (Phi) is 5.07. The van der Waals surface area contributed by atoms with Crippen LogP contribution in [0.5, 0.6) is 5.75 Å². The van der Waals surface area contributed by atoms with Crippen molar-refractivity contribution in [2.24, 2.45) is 5.10 Å². The first kappa shape index (κ1) is 17.6. The highest BCUT2D eigenvalue weighted by Gasteiger charge is 2.16. The molecule has 0 aliphatic heterocycles. The summed E-state index contributed by atoms with van der Waals surface area (Å²) in [4.78, 5) is 34.1. The van der Waals surface area contributed by atoms with Crippen molar-refractivity contribution in [1.82, 2.24) is 5.43 Å². The summed E-state index contributed by atoms with van der Waals surface area (Å²) in [6, 6.07) is 9.45. The van der Waals surface area contributed by atoms with Gasteiger partial charge in [0.25, 0.3) is 5.69 Å². The van der Waals surface area contributed by atoms with E-state index in [1.165, 1.54) is 48.9 Å². The SMILES string of the molecule is O=C(N/N=C/c1cc([N+](=O)[O-])ccc1OC(=O)c1ccco1)c1ccco1. The largest absolute Gasteiger partial charge is 0.459 e. The quantitative estimate of drug-likeness (QED) is 0.232. The van der Waals surface area contributed by atoms with E-state index in [0.717, 1.165) is 12.3 Å². The summed E-state index contributed by atoms with van der Waals surface area (Å²) in [5.74, 6) is -1.41. The molecule has 0 aliphatic carbocycles. The number of carbonyl (C=O) groups is 2. The lowest BCUT2D eigenvalue weighted by molar-refractivity contribution is -0.384. The standard InChI is InChI=1S/C17H11N3O7/c21-16(14-3-1-7-25-14)19-18-10-11-9-12(20(23)24)5-6-13(11)27-17(22)15-4-2-8-26-15/h1-10H,(H,19,21)/b18-10+. The van der Waals surface area contributed by atoms with Crippen LogP contribution in [0.4, 0.5) is 5.69 Å². The fraction of sp³-hybridized carbons (Fsp3) is 0. The molecule has 0 fully saturated rings. The molecule has 2 aromatic heterocycles. The molecule has 0 spiro atoms. The predicted octanol–water partition coefficient (Wildman–Crippen LogP) is 2.76. The van der Waals surface area contributed by atoms with E-state index in [1.54, 1.807) is 0 Å². The number of ether oxygens (including phenoxy) is 1. The van der Waals surface area contributed by atoms with Gasteiger partial charge < -0.3 is 13.6 Å². The number of carbonyl (C=O) groups excluding carboxylic acids is 2. The highest BCUT2D eigenvalue weighted by molar-refractivity contribution is 5.94. The summed E-state index contributed by atoms with van der Waals surface area (Å²) in [6.45, 7) is 0. The molecule has 0 saturated heterocycles. The summed E-state index contributed by atoms with van der Waals surface area (Å²) in [7, 11) is 0. The van der Waals surface area contributed by atoms with Crippen molar-refractivity contribution < 1.29 is 28.1 Å². The third-order valence-corrected chi connectivity index (χ3v) is 3.24. The number of nitro groups is 1. The molecule has 0 saturated carbocycles. The first-order chi connectivity index (χ1) is 13.0. The van der Waals surface area contributed by atoms with Crippen LogP contribution >= 0.6 is 0 Å². The number of furan rings is 2. The van der Waals surface area contributed by atoms with Crippen molar-refractivity contribution in [1.29, 1.82) is 0 Å². The number of esters is 1. The van der Waals surface area contributed by atoms with Crippen LogP contribution in [0.25, 0.3) is 0 Å². The van der Waals surface area contributed by atoms with E-state index in [9.17, 15) is 19.7 Å². The Morgan fingerprint density at radius 3 is 2.44 bits per heavy atom. The Morgan fingerprint density at radius 1 is 1.11 bits per heavy atom. The number of hydrazone groups is 1. The molecule has 10 nitrogen and oxygen atoms in total. The topological polar surface area (TPSA) is 137 Å². The molecule has 0 radical (unpaired) electrons. The van der Waals surface area contributed by atoms with Gasteiger partial charge in [0.05, 0.1) is 23.7 Å². The predicted molar refractivity (Wildman–Crippen MR) is 90.5 cm³/mol. The second-order valence-electron chi connectivity index (χ2n) is 5.02. The van der Waals surface area contributed by atoms with Crippen molar-refractivity contribution >= 4 is 23.8 Å². The third-order valence-electron chi connectivity index (χ3n) is 3.24. The maximum absolute atomic E-state index is 12.0. The van der Waals surface area contributed by atoms with Gasteiger partial charge in [0.2, 0.25) is 5.76 Å². The Morgan fingerprint density at radius 2 is 1.81 bits per heavy atom. The summed E-state index contributed by atoms with van der Waals surface area (Å²) >= 11 is 0. The number of nitro benzene ring substituents is 1. The number of amides is 1. The molecular weight excluding hydrogens is 358 g/mol. The lowest BCUT2D eigenvalue weighted by Gasteiger charge is -2.06. The number of nitrogens with one attached hydrogen (secondary N) is 1. The first-order valence-corrected chi connectivity index (χ1v) is 7.45. The van der Waals surface area contributed by atoms with Crippen LogP contribution in [0, 0.1) is 10.1 Å². The fourth-order valence-corrected chi connectivity index (χ4v) is 2.01. The van der Waals surface area contributed by atoms with Gasteiger partial charge in [-0.1, -0.05) is 0 Å². The van der Waals surface area contributed by atoms with E-state index < -0.39 is 16.8 Å². The maximum Gasteiger partial charge on any atom is 0.379 e. The monoisotopic (exact) mass is 369 g/mol. The molecule has 27 heavy (non-hydrogen) atoms. The van der Waals surface area contributed by atoms with Gasteiger partial charge >= 0.3 is 11.9 Å². The molecule has 0 aliphatic rings. The zero-order valence-electron chi connectivity index (χ0n) is 13.5. The smallest absolute Gasteiger partial charge is 0.379 e. The molecule has 1 aromatic carbocycles. The van der Waals surface area contributed by atoms with Gasteiger partial charge in [0.1, 0.15) is 5.75 Å². The summed E-state index contributed by atoms with van der Waals surface area (Å²) in [5, 5.41) is 14.7. The third kappa shape index (κ3) is 4.25. The average molecular weight is 369 g/mol. The molecule has 0 unspecified atom stereocenters. The van der Waals surface area contributed by atoms with Crippen LogP contribution in [-0.2, 0) is 0 Å². The van der Waals surface area contributed by atoms with Crippen molar-refractivity contribution in [2.75, 3.05) is 0 Å². The zero-order valence-corrected chi connectivity index (χ0v) is 13.5. The number of nitrogens with zero attached hydrogens (tertiary/aromatic N) is 2. The minimum absolute atomic E-state index is 0.00185. The summed E-state index contributed by atoms with van der Waals surface area (Å²) < 4.78 is 15.0. The number of non-ortho nitro benzene ring substituents is 1. The minimum Gasteiger partial charge on any atom is -0.459 e. The molecule has 0 bridgehead atoms. The summed E-state index contributed by atoms with van der Waals surface area (Å²) in [6.07, 6.45) is 3.74. The number of hydrogen-bond donors (Lipinski definition) is 1. The van der Waals surface area contributed by atoms with Gasteiger partial charge in [0.15, 0.2) is 5.76 Å². The van der Waals surface area contributed by atoms with Crippen molar-refractivity contribution in [3.05, 3.63) is 82.2 Å². The number of hydrogen-bond acceptors (Lipinski definition) is 8. The Hall–Kier alpha value is -4.21. The normalized spacial score (nSPS) is 10.7. The molecule has 3 aromatic rings. The molecule has 3 rings (SSSR count). The fourth-order valence-electron chi connectivity index (χ4n) is 2.01. The number of rotatable bonds is 6. The van der Waals surface area contributed by atoms with Crippen LogP contribution in [-0.4, -0.2) is 23.0 Å². The van der Waals surface area contributed by atoms with Crippen LogP contribution in [0.2, 0.25) is 0 Å². The van der Waals surface area contributed by atoms with Gasteiger partial charge in [-0.25, -0.2) is 10.2 Å². The molecule has 10 heteroatoms. The highest BCUT2D eigenvalue weighted by atomic mass is 16.6.